The third-order valence-corrected chi connectivity index (χ3v) is 5.48. The third kappa shape index (κ3) is 3.17. The predicted molar refractivity (Wildman–Crippen MR) is 100 cm³/mol. The Bertz CT molecular complexity index is 1020. The van der Waals surface area contributed by atoms with Gasteiger partial charge in [0.05, 0.1) is 22.3 Å². The standard InChI is InChI=1S/C18H15N5O3S/c1-10-14-15(11-3-5-12(6-4-11)17(25)26)27-9-13(24)21-16(14)23(22-10)18-19-7-2-8-20-18/h2-8,15H,9H2,1H3,(H,21,24)(H,25,26)/t15-/m1/s1. The van der Waals surface area contributed by atoms with Crippen molar-refractivity contribution in [1.82, 2.24) is 19.7 Å². The Morgan fingerprint density at radius 1 is 1.26 bits per heavy atom. The van der Waals surface area contributed by atoms with Crippen molar-refractivity contribution in [3.05, 3.63) is 65.1 Å². The van der Waals surface area contributed by atoms with Crippen molar-refractivity contribution in [3.8, 4) is 5.95 Å². The fraction of sp³-hybridized carbons (Fsp3) is 0.167. The first-order chi connectivity index (χ1) is 13.0. The van der Waals surface area contributed by atoms with Crippen LogP contribution in [-0.4, -0.2) is 42.5 Å². The second-order valence-corrected chi connectivity index (χ2v) is 7.07. The number of fused-ring (bicyclic) bond motifs is 1. The summed E-state index contributed by atoms with van der Waals surface area (Å²) in [6.45, 7) is 1.87. The maximum Gasteiger partial charge on any atom is 0.335 e. The Morgan fingerprint density at radius 2 is 1.96 bits per heavy atom. The number of hydrogen-bond donors (Lipinski definition) is 2. The van der Waals surface area contributed by atoms with E-state index in [9.17, 15) is 9.59 Å². The molecule has 0 spiro atoms. The van der Waals surface area contributed by atoms with Gasteiger partial charge in [0.25, 0.3) is 5.95 Å². The summed E-state index contributed by atoms with van der Waals surface area (Å²) < 4.78 is 1.53. The van der Waals surface area contributed by atoms with Gasteiger partial charge >= 0.3 is 5.97 Å². The summed E-state index contributed by atoms with van der Waals surface area (Å²) in [6.07, 6.45) is 3.22. The van der Waals surface area contributed by atoms with E-state index in [-0.39, 0.29) is 22.5 Å². The number of thioether (sulfide) groups is 1. The quantitative estimate of drug-likeness (QED) is 0.717. The summed E-state index contributed by atoms with van der Waals surface area (Å²) >= 11 is 1.47. The van der Waals surface area contributed by atoms with E-state index in [0.717, 1.165) is 16.8 Å². The highest BCUT2D eigenvalue weighted by atomic mass is 32.2. The van der Waals surface area contributed by atoms with E-state index in [1.807, 2.05) is 6.92 Å². The minimum atomic E-state index is -0.974. The SMILES string of the molecule is Cc1nn(-c2ncccn2)c2c1[C@@H](c1ccc(C(=O)O)cc1)SCC(=O)N2. The molecule has 0 radical (unpaired) electrons. The Kier molecular flexibility index (Phi) is 4.36. The van der Waals surface area contributed by atoms with E-state index in [0.29, 0.717) is 11.8 Å². The van der Waals surface area contributed by atoms with Gasteiger partial charge in [0.1, 0.15) is 5.82 Å². The van der Waals surface area contributed by atoms with Crippen molar-refractivity contribution in [3.63, 3.8) is 0 Å². The van der Waals surface area contributed by atoms with E-state index in [2.05, 4.69) is 20.4 Å². The summed E-state index contributed by atoms with van der Waals surface area (Å²) in [5.41, 5.74) is 2.73. The van der Waals surface area contributed by atoms with Crippen LogP contribution in [0, 0.1) is 6.92 Å². The molecule has 136 valence electrons. The van der Waals surface area contributed by atoms with Gasteiger partial charge in [-0.3, -0.25) is 4.79 Å². The highest BCUT2D eigenvalue weighted by Crippen LogP contribution is 2.43. The molecule has 1 atom stereocenters. The Balaban J connectivity index is 1.84. The molecule has 3 heterocycles. The van der Waals surface area contributed by atoms with E-state index in [1.165, 1.54) is 16.4 Å². The number of nitrogens with one attached hydrogen (secondary N) is 1. The van der Waals surface area contributed by atoms with E-state index in [1.54, 1.807) is 42.7 Å². The number of aromatic nitrogens is 4. The van der Waals surface area contributed by atoms with Crippen LogP contribution in [0.4, 0.5) is 5.82 Å². The number of carboxylic acids is 1. The van der Waals surface area contributed by atoms with Crippen LogP contribution in [0.5, 0.6) is 0 Å². The second-order valence-electron chi connectivity index (χ2n) is 5.97. The molecule has 8 nitrogen and oxygen atoms in total. The predicted octanol–water partition coefficient (Wildman–Crippen LogP) is 2.44. The lowest BCUT2D eigenvalue weighted by molar-refractivity contribution is -0.113. The number of carbonyl (C=O) groups is 2. The number of carbonyl (C=O) groups excluding carboxylic acids is 1. The summed E-state index contributed by atoms with van der Waals surface area (Å²) in [4.78, 5) is 31.8. The summed E-state index contributed by atoms with van der Waals surface area (Å²) in [6, 6.07) is 8.39. The van der Waals surface area contributed by atoms with Crippen molar-refractivity contribution in [1.29, 1.82) is 0 Å². The Labute approximate surface area is 158 Å². The fourth-order valence-corrected chi connectivity index (χ4v) is 4.18. The average Bonchev–Trinajstić information content (AvgIpc) is 2.88. The zero-order valence-corrected chi connectivity index (χ0v) is 15.1. The highest BCUT2D eigenvalue weighted by molar-refractivity contribution is 8.00. The van der Waals surface area contributed by atoms with Gasteiger partial charge in [0.2, 0.25) is 5.91 Å². The van der Waals surface area contributed by atoms with Gasteiger partial charge in [-0.25, -0.2) is 14.8 Å². The van der Waals surface area contributed by atoms with Crippen LogP contribution in [0.15, 0.2) is 42.7 Å². The van der Waals surface area contributed by atoms with Crippen LogP contribution in [0.2, 0.25) is 0 Å². The molecule has 0 unspecified atom stereocenters. The lowest BCUT2D eigenvalue weighted by Crippen LogP contribution is -2.16. The molecule has 0 aliphatic carbocycles. The molecule has 0 saturated carbocycles. The summed E-state index contributed by atoms with van der Waals surface area (Å²) in [7, 11) is 0. The number of hydrogen-bond acceptors (Lipinski definition) is 6. The molecule has 0 bridgehead atoms. The van der Waals surface area contributed by atoms with Gasteiger partial charge < -0.3 is 10.4 Å². The average molecular weight is 381 g/mol. The molecule has 2 N–H and O–H groups in total. The first kappa shape index (κ1) is 17.2. The minimum Gasteiger partial charge on any atom is -0.478 e. The molecular formula is C18H15N5O3S. The lowest BCUT2D eigenvalue weighted by atomic mass is 10.0. The van der Waals surface area contributed by atoms with E-state index in [4.69, 9.17) is 5.11 Å². The van der Waals surface area contributed by atoms with Gasteiger partial charge in [-0.2, -0.15) is 9.78 Å². The molecule has 27 heavy (non-hydrogen) atoms. The molecule has 2 aromatic heterocycles. The van der Waals surface area contributed by atoms with Crippen molar-refractivity contribution >= 4 is 29.5 Å². The van der Waals surface area contributed by atoms with Crippen LogP contribution >= 0.6 is 11.8 Å². The molecule has 1 aliphatic heterocycles. The van der Waals surface area contributed by atoms with Crippen molar-refractivity contribution in [2.24, 2.45) is 0 Å². The van der Waals surface area contributed by atoms with E-state index < -0.39 is 5.97 Å². The molecule has 0 fully saturated rings. The normalized spacial score (nSPS) is 16.3. The number of amides is 1. The van der Waals surface area contributed by atoms with Crippen LogP contribution in [0.3, 0.4) is 0 Å². The number of carboxylic acid groups (broad SMARTS) is 1. The first-order valence-corrected chi connectivity index (χ1v) is 9.21. The number of aryl methyl sites for hydroxylation is 1. The van der Waals surface area contributed by atoms with Crippen molar-refractivity contribution in [2.75, 3.05) is 11.1 Å². The maximum atomic E-state index is 12.3. The number of benzene rings is 1. The first-order valence-electron chi connectivity index (χ1n) is 8.16. The maximum absolute atomic E-state index is 12.3. The van der Waals surface area contributed by atoms with Crippen LogP contribution in [-0.2, 0) is 4.79 Å². The van der Waals surface area contributed by atoms with Crippen LogP contribution < -0.4 is 5.32 Å². The fourth-order valence-electron chi connectivity index (χ4n) is 2.99. The van der Waals surface area contributed by atoms with Gasteiger partial charge in [0, 0.05) is 18.0 Å². The zero-order chi connectivity index (χ0) is 19.0. The number of rotatable bonds is 3. The van der Waals surface area contributed by atoms with E-state index >= 15 is 0 Å². The van der Waals surface area contributed by atoms with Gasteiger partial charge in [0.15, 0.2) is 0 Å². The summed E-state index contributed by atoms with van der Waals surface area (Å²) in [5.74, 6) is 0.0746. The number of anilines is 1. The summed E-state index contributed by atoms with van der Waals surface area (Å²) in [5, 5.41) is 16.4. The molecular weight excluding hydrogens is 366 g/mol. The minimum absolute atomic E-state index is 0.136. The number of nitrogens with zero attached hydrogens (tertiary/aromatic N) is 4. The topological polar surface area (TPSA) is 110 Å². The zero-order valence-electron chi connectivity index (χ0n) is 14.3. The van der Waals surface area contributed by atoms with Crippen LogP contribution in [0.25, 0.3) is 5.95 Å². The third-order valence-electron chi connectivity index (χ3n) is 4.21. The Morgan fingerprint density at radius 3 is 2.63 bits per heavy atom. The van der Waals surface area contributed by atoms with Gasteiger partial charge in [-0.15, -0.1) is 11.8 Å². The van der Waals surface area contributed by atoms with Crippen molar-refractivity contribution < 1.29 is 14.7 Å². The van der Waals surface area contributed by atoms with Gasteiger partial charge in [-0.1, -0.05) is 12.1 Å². The number of aromatic carboxylic acids is 1. The Hall–Kier alpha value is -3.20. The molecule has 1 aromatic carbocycles. The lowest BCUT2D eigenvalue weighted by Gasteiger charge is -2.15. The molecule has 1 amide bonds. The molecule has 9 heteroatoms. The molecule has 3 aromatic rings. The van der Waals surface area contributed by atoms with Crippen molar-refractivity contribution in [2.45, 2.75) is 12.2 Å². The molecule has 0 saturated heterocycles. The second kappa shape index (κ2) is 6.84. The molecule has 4 rings (SSSR count). The van der Waals surface area contributed by atoms with Crippen LogP contribution in [0.1, 0.15) is 32.4 Å². The molecule has 1 aliphatic rings. The highest BCUT2D eigenvalue weighted by Gasteiger charge is 2.31. The smallest absolute Gasteiger partial charge is 0.335 e. The largest absolute Gasteiger partial charge is 0.478 e. The monoisotopic (exact) mass is 381 g/mol. The van der Waals surface area contributed by atoms with Gasteiger partial charge in [-0.05, 0) is 30.7 Å².